The van der Waals surface area contributed by atoms with Gasteiger partial charge < -0.3 is 20.7 Å². The van der Waals surface area contributed by atoms with Gasteiger partial charge in [0.05, 0.1) is 18.8 Å². The second kappa shape index (κ2) is 9.65. The number of carbonyl (C=O) groups is 3. The van der Waals surface area contributed by atoms with Gasteiger partial charge in [-0.3, -0.25) is 19.3 Å². The van der Waals surface area contributed by atoms with Crippen LogP contribution in [0.25, 0.3) is 0 Å². The number of benzene rings is 1. The normalized spacial score (nSPS) is 15.9. The molecule has 1 aromatic carbocycles. The molecule has 3 amide bonds. The number of likely N-dealkylation sites (N-methyl/N-ethyl adjacent to an activating group) is 1. The third kappa shape index (κ3) is 5.64. The smallest absolute Gasteiger partial charge is 0.265 e. The second-order valence-corrected chi connectivity index (χ2v) is 6.30. The number of morpholine rings is 1. The summed E-state index contributed by atoms with van der Waals surface area (Å²) in [5, 5.41) is 2.23. The molecule has 12 heteroatoms. The number of anilines is 2. The van der Waals surface area contributed by atoms with Crippen molar-refractivity contribution in [1.82, 2.24) is 4.90 Å². The number of ether oxygens (including phenoxy) is 1. The van der Waals surface area contributed by atoms with Crippen molar-refractivity contribution in [1.29, 1.82) is 0 Å². The number of carbonyl (C=O) groups excluding carboxylic acids is 3. The van der Waals surface area contributed by atoms with Crippen molar-refractivity contribution in [2.75, 3.05) is 43.6 Å². The van der Waals surface area contributed by atoms with Gasteiger partial charge in [0.25, 0.3) is 24.7 Å². The Bertz CT molecular complexity index is 778. The standard InChI is InChI=1S/C17H20F4N4O4/c1-24(7-12(18)19)14(16(22)27)17(28)23-9-2-3-11(10(6-9)15(20)21)25-4-5-29-8-13(25)26/h2-3,6,12,14-15H,4-5,7-8H2,1H3,(H2,22,27)(H,23,28)/t14-/m1/s1. The fraction of sp³-hybridized carbons (Fsp3) is 0.471. The zero-order valence-corrected chi connectivity index (χ0v) is 15.4. The molecule has 0 radical (unpaired) electrons. The van der Waals surface area contributed by atoms with Crippen molar-refractivity contribution >= 4 is 29.1 Å². The number of hydrogen-bond acceptors (Lipinski definition) is 5. The predicted molar refractivity (Wildman–Crippen MR) is 94.8 cm³/mol. The lowest BCUT2D eigenvalue weighted by Crippen LogP contribution is -2.51. The third-order valence-electron chi connectivity index (χ3n) is 4.19. The molecule has 29 heavy (non-hydrogen) atoms. The summed E-state index contributed by atoms with van der Waals surface area (Å²) in [7, 11) is 1.11. The van der Waals surface area contributed by atoms with E-state index in [0.717, 1.165) is 22.9 Å². The molecule has 1 aliphatic heterocycles. The molecule has 0 saturated carbocycles. The lowest BCUT2D eigenvalue weighted by molar-refractivity contribution is -0.132. The summed E-state index contributed by atoms with van der Waals surface area (Å²) in [6, 6.07) is 1.71. The van der Waals surface area contributed by atoms with E-state index >= 15 is 0 Å². The van der Waals surface area contributed by atoms with E-state index in [1.807, 2.05) is 0 Å². The van der Waals surface area contributed by atoms with Gasteiger partial charge in [0, 0.05) is 17.8 Å². The maximum absolute atomic E-state index is 13.5. The second-order valence-electron chi connectivity index (χ2n) is 6.30. The number of rotatable bonds is 8. The average Bonchev–Trinajstić information content (AvgIpc) is 2.61. The summed E-state index contributed by atoms with van der Waals surface area (Å²) >= 11 is 0. The molecule has 1 heterocycles. The van der Waals surface area contributed by atoms with E-state index in [1.54, 1.807) is 0 Å². The van der Waals surface area contributed by atoms with Crippen LogP contribution in [0.4, 0.5) is 28.9 Å². The van der Waals surface area contributed by atoms with Crippen molar-refractivity contribution in [3.05, 3.63) is 23.8 Å². The summed E-state index contributed by atoms with van der Waals surface area (Å²) in [6.45, 7) is -0.852. The molecule has 1 aliphatic rings. The molecule has 0 spiro atoms. The molecule has 1 saturated heterocycles. The Morgan fingerprint density at radius 1 is 1.31 bits per heavy atom. The Kier molecular flexibility index (Phi) is 7.51. The summed E-state index contributed by atoms with van der Waals surface area (Å²) in [5.41, 5.74) is 4.46. The largest absolute Gasteiger partial charge is 0.370 e. The Labute approximate surface area is 163 Å². The van der Waals surface area contributed by atoms with Gasteiger partial charge in [-0.25, -0.2) is 17.6 Å². The molecule has 0 unspecified atom stereocenters. The first-order chi connectivity index (χ1) is 13.6. The Balaban J connectivity index is 2.26. The van der Waals surface area contributed by atoms with Crippen LogP contribution >= 0.6 is 0 Å². The van der Waals surface area contributed by atoms with Crippen LogP contribution in [0.15, 0.2) is 18.2 Å². The zero-order chi connectivity index (χ0) is 21.7. The highest BCUT2D eigenvalue weighted by atomic mass is 19.3. The molecule has 1 atom stereocenters. The van der Waals surface area contributed by atoms with Gasteiger partial charge in [0.2, 0.25) is 5.91 Å². The molecule has 3 N–H and O–H groups in total. The number of hydrogen-bond donors (Lipinski definition) is 2. The van der Waals surface area contributed by atoms with E-state index in [0.29, 0.717) is 0 Å². The highest BCUT2D eigenvalue weighted by molar-refractivity contribution is 6.09. The molecule has 1 aromatic rings. The van der Waals surface area contributed by atoms with Crippen molar-refractivity contribution < 1.29 is 36.7 Å². The third-order valence-corrected chi connectivity index (χ3v) is 4.19. The Morgan fingerprint density at radius 2 is 2.00 bits per heavy atom. The Hall–Kier alpha value is -2.73. The summed E-state index contributed by atoms with van der Waals surface area (Å²) in [6.07, 6.45) is -5.78. The van der Waals surface area contributed by atoms with Gasteiger partial charge in [-0.15, -0.1) is 0 Å². The van der Waals surface area contributed by atoms with Gasteiger partial charge in [0.15, 0.2) is 6.04 Å². The van der Waals surface area contributed by atoms with Crippen LogP contribution in [0.3, 0.4) is 0 Å². The number of halogens is 4. The highest BCUT2D eigenvalue weighted by Gasteiger charge is 2.31. The quantitative estimate of drug-likeness (QED) is 0.482. The molecule has 0 bridgehead atoms. The summed E-state index contributed by atoms with van der Waals surface area (Å²) in [4.78, 5) is 37.7. The minimum atomic E-state index is -2.97. The van der Waals surface area contributed by atoms with Gasteiger partial charge in [-0.2, -0.15) is 0 Å². The minimum Gasteiger partial charge on any atom is -0.370 e. The fourth-order valence-corrected chi connectivity index (χ4v) is 2.91. The van der Waals surface area contributed by atoms with Gasteiger partial charge in [0.1, 0.15) is 6.61 Å². The van der Waals surface area contributed by atoms with Crippen LogP contribution in [-0.2, 0) is 19.1 Å². The average molecular weight is 420 g/mol. The number of nitrogens with one attached hydrogen (secondary N) is 1. The SMILES string of the molecule is CN(CC(F)F)[C@H](C(N)=O)C(=O)Nc1ccc(N2CCOCC2=O)c(C(F)F)c1. The molecule has 1 fully saturated rings. The molecule has 160 valence electrons. The lowest BCUT2D eigenvalue weighted by Gasteiger charge is -2.29. The minimum absolute atomic E-state index is 0.0347. The number of nitrogens with zero attached hydrogens (tertiary/aromatic N) is 2. The molecular formula is C17H20F4N4O4. The molecule has 0 aliphatic carbocycles. The van der Waals surface area contributed by atoms with Crippen molar-refractivity contribution in [2.24, 2.45) is 5.73 Å². The zero-order valence-electron chi connectivity index (χ0n) is 15.4. The van der Waals surface area contributed by atoms with Gasteiger partial charge >= 0.3 is 0 Å². The molecular weight excluding hydrogens is 400 g/mol. The van der Waals surface area contributed by atoms with Crippen LogP contribution < -0.4 is 16.0 Å². The van der Waals surface area contributed by atoms with Crippen LogP contribution in [0.1, 0.15) is 12.0 Å². The summed E-state index contributed by atoms with van der Waals surface area (Å²) < 4.78 is 57.1. The Morgan fingerprint density at radius 3 is 2.55 bits per heavy atom. The topological polar surface area (TPSA) is 105 Å². The monoisotopic (exact) mass is 420 g/mol. The summed E-state index contributed by atoms with van der Waals surface area (Å²) in [5.74, 6) is -2.70. The first kappa shape index (κ1) is 22.6. The number of nitrogens with two attached hydrogens (primary N) is 1. The molecule has 0 aromatic heterocycles. The van der Waals surface area contributed by atoms with Crippen LogP contribution in [0, 0.1) is 0 Å². The van der Waals surface area contributed by atoms with Gasteiger partial charge in [-0.1, -0.05) is 0 Å². The van der Waals surface area contributed by atoms with E-state index in [-0.39, 0.29) is 31.1 Å². The van der Waals surface area contributed by atoms with E-state index in [2.05, 4.69) is 5.32 Å². The van der Waals surface area contributed by atoms with E-state index in [1.165, 1.54) is 12.1 Å². The number of alkyl halides is 4. The number of primary amides is 1. The van der Waals surface area contributed by atoms with Crippen LogP contribution in [0.5, 0.6) is 0 Å². The van der Waals surface area contributed by atoms with Crippen molar-refractivity contribution in [3.63, 3.8) is 0 Å². The first-order valence-corrected chi connectivity index (χ1v) is 8.50. The fourth-order valence-electron chi connectivity index (χ4n) is 2.91. The molecule has 8 nitrogen and oxygen atoms in total. The van der Waals surface area contributed by atoms with Crippen molar-refractivity contribution in [2.45, 2.75) is 18.9 Å². The maximum atomic E-state index is 13.5. The van der Waals surface area contributed by atoms with E-state index in [4.69, 9.17) is 10.5 Å². The van der Waals surface area contributed by atoms with Crippen LogP contribution in [0.2, 0.25) is 0 Å². The predicted octanol–water partition coefficient (Wildman–Crippen LogP) is 0.977. The highest BCUT2D eigenvalue weighted by Crippen LogP contribution is 2.33. The van der Waals surface area contributed by atoms with Gasteiger partial charge in [-0.05, 0) is 25.2 Å². The van der Waals surface area contributed by atoms with Crippen molar-refractivity contribution in [3.8, 4) is 0 Å². The number of amides is 3. The lowest BCUT2D eigenvalue weighted by atomic mass is 10.1. The van der Waals surface area contributed by atoms with Crippen LogP contribution in [-0.4, -0.2) is 68.4 Å². The molecule has 2 rings (SSSR count). The van der Waals surface area contributed by atoms with E-state index < -0.39 is 48.7 Å². The maximum Gasteiger partial charge on any atom is 0.265 e. The van der Waals surface area contributed by atoms with E-state index in [9.17, 15) is 31.9 Å². The first-order valence-electron chi connectivity index (χ1n) is 8.50.